The molecule has 0 aromatic carbocycles. The van der Waals surface area contributed by atoms with Gasteiger partial charge < -0.3 is 15.4 Å². The van der Waals surface area contributed by atoms with Crippen molar-refractivity contribution in [3.63, 3.8) is 0 Å². The van der Waals surface area contributed by atoms with E-state index in [0.29, 0.717) is 26.6 Å². The number of aryl methyl sites for hydroxylation is 1. The lowest BCUT2D eigenvalue weighted by Crippen LogP contribution is -2.17. The number of ether oxygens (including phenoxy) is 1. The van der Waals surface area contributed by atoms with Crippen LogP contribution < -0.4 is 10.6 Å². The maximum atomic E-state index is 12.5. The van der Waals surface area contributed by atoms with Gasteiger partial charge >= 0.3 is 5.97 Å². The van der Waals surface area contributed by atoms with Gasteiger partial charge in [0.2, 0.25) is 16.9 Å². The Hall–Kier alpha value is -1.98. The molecule has 0 radical (unpaired) electrons. The van der Waals surface area contributed by atoms with Gasteiger partial charge in [0.15, 0.2) is 4.34 Å². The summed E-state index contributed by atoms with van der Waals surface area (Å²) in [5.41, 5.74) is 1.53. The normalized spacial score (nSPS) is 15.4. The van der Waals surface area contributed by atoms with Gasteiger partial charge in [0, 0.05) is 10.8 Å². The highest BCUT2D eigenvalue weighted by molar-refractivity contribution is 8.01. The summed E-state index contributed by atoms with van der Waals surface area (Å²) in [6.07, 6.45) is 5.74. The monoisotopic (exact) mass is 466 g/mol. The molecule has 0 atom stereocenters. The van der Waals surface area contributed by atoms with Gasteiger partial charge in [-0.05, 0) is 51.0 Å². The molecule has 0 saturated heterocycles. The first kappa shape index (κ1) is 21.3. The molecule has 2 aliphatic carbocycles. The van der Waals surface area contributed by atoms with Crippen LogP contribution in [0.25, 0.3) is 0 Å². The number of fused-ring (bicyclic) bond motifs is 1. The Balaban J connectivity index is 1.37. The van der Waals surface area contributed by atoms with E-state index in [1.54, 1.807) is 6.92 Å². The molecular weight excluding hydrogens is 444 g/mol. The van der Waals surface area contributed by atoms with Gasteiger partial charge in [-0.25, -0.2) is 4.79 Å². The van der Waals surface area contributed by atoms with E-state index in [4.69, 9.17) is 4.74 Å². The molecular formula is C19H22N4O4S3. The smallest absolute Gasteiger partial charge is 0.341 e. The molecule has 2 N–H and O–H groups in total. The first-order chi connectivity index (χ1) is 14.5. The summed E-state index contributed by atoms with van der Waals surface area (Å²) in [6, 6.07) is 0. The number of esters is 1. The second kappa shape index (κ2) is 9.44. The maximum absolute atomic E-state index is 12.5. The molecule has 0 unspecified atom stereocenters. The number of thioether (sulfide) groups is 1. The fourth-order valence-corrected chi connectivity index (χ4v) is 6.08. The molecule has 8 nitrogen and oxygen atoms in total. The van der Waals surface area contributed by atoms with Crippen LogP contribution in [0.1, 0.15) is 53.4 Å². The molecule has 2 aromatic rings. The van der Waals surface area contributed by atoms with Gasteiger partial charge in [-0.2, -0.15) is 0 Å². The highest BCUT2D eigenvalue weighted by atomic mass is 32.2. The third-order valence-corrected chi connectivity index (χ3v) is 7.99. The van der Waals surface area contributed by atoms with Crippen LogP contribution in [0, 0.1) is 5.92 Å². The molecule has 1 saturated carbocycles. The Morgan fingerprint density at radius 1 is 1.13 bits per heavy atom. The highest BCUT2D eigenvalue weighted by Crippen LogP contribution is 2.39. The van der Waals surface area contributed by atoms with Crippen LogP contribution >= 0.6 is 34.4 Å². The summed E-state index contributed by atoms with van der Waals surface area (Å²) in [5.74, 6) is -0.381. The van der Waals surface area contributed by atoms with Crippen molar-refractivity contribution in [2.75, 3.05) is 23.0 Å². The van der Waals surface area contributed by atoms with Gasteiger partial charge in [0.1, 0.15) is 5.00 Å². The number of hydrogen-bond acceptors (Lipinski definition) is 9. The lowest BCUT2D eigenvalue weighted by atomic mass is 9.95. The number of carbonyl (C=O) groups is 3. The molecule has 2 amide bonds. The molecule has 4 rings (SSSR count). The molecule has 0 spiro atoms. The standard InChI is InChI=1S/C19H22N4O4S3/c1-2-27-17(26)14-11-5-3-4-6-12(11)29-16(14)20-13(24)9-28-19-23-22-18(30-19)21-15(25)10-7-8-10/h10H,2-9H2,1H3,(H,20,24)(H,21,22,25). The summed E-state index contributed by atoms with van der Waals surface area (Å²) in [4.78, 5) is 38.0. The summed E-state index contributed by atoms with van der Waals surface area (Å²) in [5, 5.41) is 14.6. The summed E-state index contributed by atoms with van der Waals surface area (Å²) in [6.45, 7) is 2.07. The number of rotatable bonds is 8. The van der Waals surface area contributed by atoms with Crippen LogP contribution in [0.3, 0.4) is 0 Å². The Morgan fingerprint density at radius 2 is 1.93 bits per heavy atom. The molecule has 30 heavy (non-hydrogen) atoms. The molecule has 2 aliphatic rings. The minimum atomic E-state index is -0.375. The van der Waals surface area contributed by atoms with Crippen molar-refractivity contribution in [3.05, 3.63) is 16.0 Å². The van der Waals surface area contributed by atoms with Crippen LogP contribution in [0.5, 0.6) is 0 Å². The van der Waals surface area contributed by atoms with Gasteiger partial charge in [-0.1, -0.05) is 23.1 Å². The minimum Gasteiger partial charge on any atom is -0.462 e. The quantitative estimate of drug-likeness (QED) is 0.346. The number of carbonyl (C=O) groups excluding carboxylic acids is 3. The van der Waals surface area contributed by atoms with Crippen LogP contribution in [-0.4, -0.2) is 40.3 Å². The zero-order chi connectivity index (χ0) is 21.1. The Bertz CT molecular complexity index is 967. The summed E-state index contributed by atoms with van der Waals surface area (Å²) in [7, 11) is 0. The van der Waals surface area contributed by atoms with Crippen molar-refractivity contribution in [1.29, 1.82) is 0 Å². The van der Waals surface area contributed by atoms with E-state index in [1.807, 2.05) is 0 Å². The molecule has 2 heterocycles. The summed E-state index contributed by atoms with van der Waals surface area (Å²) < 4.78 is 5.82. The SMILES string of the molecule is CCOC(=O)c1c(NC(=O)CSc2nnc(NC(=O)C3CC3)s2)sc2c1CCCC2. The average molecular weight is 467 g/mol. The van der Waals surface area contributed by atoms with Gasteiger partial charge in [-0.15, -0.1) is 21.5 Å². The third kappa shape index (κ3) is 5.01. The fraction of sp³-hybridized carbons (Fsp3) is 0.526. The van der Waals surface area contributed by atoms with E-state index >= 15 is 0 Å². The lowest BCUT2D eigenvalue weighted by Gasteiger charge is -2.12. The topological polar surface area (TPSA) is 110 Å². The fourth-order valence-electron chi connectivity index (χ4n) is 3.23. The molecule has 0 bridgehead atoms. The number of amides is 2. The largest absolute Gasteiger partial charge is 0.462 e. The molecule has 160 valence electrons. The first-order valence-electron chi connectivity index (χ1n) is 9.93. The van der Waals surface area contributed by atoms with Crippen molar-refractivity contribution >= 4 is 62.4 Å². The first-order valence-corrected chi connectivity index (χ1v) is 12.6. The van der Waals surface area contributed by atoms with E-state index < -0.39 is 0 Å². The van der Waals surface area contributed by atoms with Crippen LogP contribution in [-0.2, 0) is 27.2 Å². The lowest BCUT2D eigenvalue weighted by molar-refractivity contribution is -0.117. The molecule has 2 aromatic heterocycles. The van der Waals surface area contributed by atoms with E-state index in [2.05, 4.69) is 20.8 Å². The number of thiophene rings is 1. The van der Waals surface area contributed by atoms with Crippen LogP contribution in [0.4, 0.5) is 10.1 Å². The maximum Gasteiger partial charge on any atom is 0.341 e. The predicted molar refractivity (Wildman–Crippen MR) is 118 cm³/mol. The minimum absolute atomic E-state index is 0.0198. The third-order valence-electron chi connectivity index (χ3n) is 4.82. The number of nitrogens with zero attached hydrogens (tertiary/aromatic N) is 2. The number of anilines is 2. The molecule has 0 aliphatic heterocycles. The van der Waals surface area contributed by atoms with E-state index in [-0.39, 0.29) is 29.5 Å². The molecule has 11 heteroatoms. The number of hydrogen-bond donors (Lipinski definition) is 2. The Morgan fingerprint density at radius 3 is 2.70 bits per heavy atom. The van der Waals surface area contributed by atoms with Crippen molar-refractivity contribution in [1.82, 2.24) is 10.2 Å². The van der Waals surface area contributed by atoms with Crippen LogP contribution in [0.2, 0.25) is 0 Å². The Labute approximate surface area is 186 Å². The van der Waals surface area contributed by atoms with Crippen molar-refractivity contribution < 1.29 is 19.1 Å². The van der Waals surface area contributed by atoms with Gasteiger partial charge in [0.05, 0.1) is 17.9 Å². The van der Waals surface area contributed by atoms with Gasteiger partial charge in [0.25, 0.3) is 0 Å². The zero-order valence-electron chi connectivity index (χ0n) is 16.5. The van der Waals surface area contributed by atoms with Crippen molar-refractivity contribution in [2.24, 2.45) is 5.92 Å². The Kier molecular flexibility index (Phi) is 6.69. The second-order valence-corrected chi connectivity index (χ2v) is 10.4. The average Bonchev–Trinajstić information content (AvgIpc) is 3.38. The van der Waals surface area contributed by atoms with Crippen molar-refractivity contribution in [2.45, 2.75) is 49.8 Å². The van der Waals surface area contributed by atoms with Crippen molar-refractivity contribution in [3.8, 4) is 0 Å². The van der Waals surface area contributed by atoms with Gasteiger partial charge in [-0.3, -0.25) is 9.59 Å². The summed E-state index contributed by atoms with van der Waals surface area (Å²) >= 11 is 3.97. The van der Waals surface area contributed by atoms with E-state index in [1.165, 1.54) is 34.4 Å². The molecule has 1 fully saturated rings. The predicted octanol–water partition coefficient (Wildman–Crippen LogP) is 3.73. The van der Waals surface area contributed by atoms with E-state index in [0.717, 1.165) is 49.0 Å². The highest BCUT2D eigenvalue weighted by Gasteiger charge is 2.30. The second-order valence-electron chi connectivity index (χ2n) is 7.11. The van der Waals surface area contributed by atoms with E-state index in [9.17, 15) is 14.4 Å². The number of aromatic nitrogens is 2. The zero-order valence-corrected chi connectivity index (χ0v) is 18.9. The number of nitrogens with one attached hydrogen (secondary N) is 2. The van der Waals surface area contributed by atoms with Crippen LogP contribution in [0.15, 0.2) is 4.34 Å².